The van der Waals surface area contributed by atoms with Crippen LogP contribution in [0.5, 0.6) is 0 Å². The van der Waals surface area contributed by atoms with Crippen molar-refractivity contribution in [3.05, 3.63) is 126 Å². The van der Waals surface area contributed by atoms with E-state index < -0.39 is 11.0 Å². The molecule has 0 amide bonds. The third-order valence-electron chi connectivity index (χ3n) is 6.00. The summed E-state index contributed by atoms with van der Waals surface area (Å²) in [5.74, 6) is 0. The minimum atomic E-state index is -3.03. The van der Waals surface area contributed by atoms with Crippen molar-refractivity contribution < 1.29 is 4.39 Å². The minimum absolute atomic E-state index is 0.699. The Morgan fingerprint density at radius 3 is 1.29 bits per heavy atom. The normalized spacial score (nSPS) is 13.4. The van der Waals surface area contributed by atoms with E-state index >= 15 is 0 Å². The second kappa shape index (κ2) is 8.34. The molecule has 3 heteroatoms. The van der Waals surface area contributed by atoms with Crippen LogP contribution in [0.25, 0.3) is 0 Å². The van der Waals surface area contributed by atoms with Crippen molar-refractivity contribution in [1.29, 1.82) is 0 Å². The molecule has 0 aliphatic rings. The molecule has 0 aliphatic heterocycles. The van der Waals surface area contributed by atoms with Crippen LogP contribution in [0.4, 0.5) is 4.39 Å². The molecule has 0 radical (unpaired) electrons. The Kier molecular flexibility index (Phi) is 5.90. The van der Waals surface area contributed by atoms with Crippen molar-refractivity contribution in [3.63, 3.8) is 0 Å². The molecular formula is C28H27BrFP. The zero-order chi connectivity index (χ0) is 22.0. The van der Waals surface area contributed by atoms with E-state index in [2.05, 4.69) is 119 Å². The number of benzene rings is 4. The molecule has 31 heavy (non-hydrogen) atoms. The molecule has 0 saturated heterocycles. The van der Waals surface area contributed by atoms with Gasteiger partial charge in [0.05, 0.1) is 0 Å². The summed E-state index contributed by atoms with van der Waals surface area (Å²) >= 11 is 4.47. The van der Waals surface area contributed by atoms with Crippen LogP contribution in [0, 0.1) is 0 Å². The average molecular weight is 493 g/mol. The van der Waals surface area contributed by atoms with Crippen molar-refractivity contribution >= 4 is 36.7 Å². The first-order chi connectivity index (χ1) is 14.8. The standard InChI is InChI=1S/C28H27BrFP/c1-28(2,30)24-20-18-23(19-21-24)22-31(29,25-12-6-3-7-13-25,26-14-8-4-9-15-26)27-16-10-5-11-17-27/h3-21H,22H2,1-2H3. The Hall–Kier alpha value is -2.28. The first kappa shape index (κ1) is 21.9. The van der Waals surface area contributed by atoms with Gasteiger partial charge >= 0.3 is 193 Å². The zero-order valence-electron chi connectivity index (χ0n) is 17.9. The molecule has 0 unspecified atom stereocenters. The number of hydrogen-bond acceptors (Lipinski definition) is 0. The van der Waals surface area contributed by atoms with Gasteiger partial charge in [0.1, 0.15) is 0 Å². The van der Waals surface area contributed by atoms with Gasteiger partial charge in [0.2, 0.25) is 0 Å². The summed E-state index contributed by atoms with van der Waals surface area (Å²) in [7, 11) is 0. The van der Waals surface area contributed by atoms with E-state index in [4.69, 9.17) is 0 Å². The van der Waals surface area contributed by atoms with Gasteiger partial charge < -0.3 is 0 Å². The van der Waals surface area contributed by atoms with Gasteiger partial charge in [-0.2, -0.15) is 0 Å². The number of alkyl halides is 1. The second-order valence-corrected chi connectivity index (χ2v) is 17.4. The molecule has 158 valence electrons. The predicted molar refractivity (Wildman–Crippen MR) is 138 cm³/mol. The van der Waals surface area contributed by atoms with Crippen LogP contribution in [-0.2, 0) is 11.8 Å². The Balaban J connectivity index is 1.99. The molecule has 0 atom stereocenters. The molecule has 4 rings (SSSR count). The van der Waals surface area contributed by atoms with Gasteiger partial charge in [-0.3, -0.25) is 0 Å². The third-order valence-corrected chi connectivity index (χ3v) is 15.5. The molecule has 0 nitrogen and oxygen atoms in total. The topological polar surface area (TPSA) is 0 Å². The second-order valence-electron chi connectivity index (χ2n) is 8.52. The summed E-state index contributed by atoms with van der Waals surface area (Å²) in [6.45, 7) is 3.20. The number of halogens is 2. The SMILES string of the molecule is CC(C)(F)c1ccc(CP(Br)(c2ccccc2)(c2ccccc2)c2ccccc2)cc1. The predicted octanol–water partition coefficient (Wildman–Crippen LogP) is 7.23. The maximum atomic E-state index is 14.5. The number of hydrogen-bond donors (Lipinski definition) is 0. The van der Waals surface area contributed by atoms with E-state index in [1.165, 1.54) is 21.5 Å². The van der Waals surface area contributed by atoms with Gasteiger partial charge in [0, 0.05) is 0 Å². The number of rotatable bonds is 6. The molecule has 0 aromatic heterocycles. The summed E-state index contributed by atoms with van der Waals surface area (Å²) in [5.41, 5.74) is 0.529. The fourth-order valence-corrected chi connectivity index (χ4v) is 12.0. The molecule has 0 spiro atoms. The van der Waals surface area contributed by atoms with Crippen LogP contribution in [0.1, 0.15) is 25.0 Å². The molecule has 0 bridgehead atoms. The molecule has 0 N–H and O–H groups in total. The first-order valence-corrected chi connectivity index (χ1v) is 14.9. The molecule has 4 aromatic rings. The van der Waals surface area contributed by atoms with Crippen molar-refractivity contribution in [1.82, 2.24) is 0 Å². The molecule has 0 aliphatic carbocycles. The van der Waals surface area contributed by atoms with Gasteiger partial charge in [-0.05, 0) is 0 Å². The zero-order valence-corrected chi connectivity index (χ0v) is 20.4. The van der Waals surface area contributed by atoms with Crippen LogP contribution >= 0.6 is 20.8 Å². The van der Waals surface area contributed by atoms with Gasteiger partial charge in [0.15, 0.2) is 0 Å². The van der Waals surface area contributed by atoms with Crippen molar-refractivity contribution in [2.45, 2.75) is 25.7 Å². The van der Waals surface area contributed by atoms with Gasteiger partial charge in [-0.15, -0.1) is 0 Å². The fourth-order valence-electron chi connectivity index (χ4n) is 4.29. The third kappa shape index (κ3) is 4.00. The van der Waals surface area contributed by atoms with Crippen molar-refractivity contribution in [2.75, 3.05) is 0 Å². The van der Waals surface area contributed by atoms with Gasteiger partial charge in [-0.25, -0.2) is 0 Å². The summed E-state index contributed by atoms with van der Waals surface area (Å²) < 4.78 is 14.5. The van der Waals surface area contributed by atoms with Crippen LogP contribution < -0.4 is 15.9 Å². The molecular weight excluding hydrogens is 466 g/mol. The van der Waals surface area contributed by atoms with Crippen LogP contribution in [0.2, 0.25) is 0 Å². The van der Waals surface area contributed by atoms with E-state index in [9.17, 15) is 4.39 Å². The average Bonchev–Trinajstić information content (AvgIpc) is 2.81. The van der Waals surface area contributed by atoms with E-state index in [0.717, 1.165) is 6.16 Å². The van der Waals surface area contributed by atoms with Crippen LogP contribution in [0.15, 0.2) is 115 Å². The maximum absolute atomic E-state index is 14.5. The quantitative estimate of drug-likeness (QED) is 0.249. The Morgan fingerprint density at radius 1 is 0.613 bits per heavy atom. The molecule has 0 heterocycles. The molecule has 0 saturated carbocycles. The van der Waals surface area contributed by atoms with E-state index in [-0.39, 0.29) is 0 Å². The monoisotopic (exact) mass is 492 g/mol. The van der Waals surface area contributed by atoms with Gasteiger partial charge in [0.25, 0.3) is 0 Å². The van der Waals surface area contributed by atoms with E-state index in [0.29, 0.717) is 5.56 Å². The van der Waals surface area contributed by atoms with Crippen molar-refractivity contribution in [3.8, 4) is 0 Å². The summed E-state index contributed by atoms with van der Waals surface area (Å²) in [4.78, 5) is 0. The van der Waals surface area contributed by atoms with Crippen LogP contribution in [0.3, 0.4) is 0 Å². The Bertz CT molecular complexity index is 1040. The van der Waals surface area contributed by atoms with Crippen LogP contribution in [-0.4, -0.2) is 0 Å². The summed E-state index contributed by atoms with van der Waals surface area (Å²) in [6.07, 6.45) is 0.802. The van der Waals surface area contributed by atoms with E-state index in [1.807, 2.05) is 12.1 Å². The Morgan fingerprint density at radius 2 is 0.968 bits per heavy atom. The molecule has 4 aromatic carbocycles. The Labute approximate surface area is 192 Å². The summed E-state index contributed by atoms with van der Waals surface area (Å²) in [6, 6.07) is 40.2. The first-order valence-electron chi connectivity index (χ1n) is 10.5. The molecule has 0 fully saturated rings. The fraction of sp³-hybridized carbons (Fsp3) is 0.143. The van der Waals surface area contributed by atoms with E-state index in [1.54, 1.807) is 13.8 Å². The van der Waals surface area contributed by atoms with Gasteiger partial charge in [-0.1, -0.05) is 0 Å². The van der Waals surface area contributed by atoms with Crippen molar-refractivity contribution in [2.24, 2.45) is 0 Å². The summed E-state index contributed by atoms with van der Waals surface area (Å²) in [5, 5.41) is 0.809.